The van der Waals surface area contributed by atoms with Gasteiger partial charge < -0.3 is 14.6 Å². The van der Waals surface area contributed by atoms with Crippen LogP contribution < -0.4 is 0 Å². The highest BCUT2D eigenvalue weighted by molar-refractivity contribution is 5.89. The van der Waals surface area contributed by atoms with Gasteiger partial charge in [0.1, 0.15) is 17.6 Å². The number of carbonyl (C=O) groups is 1. The fourth-order valence-corrected chi connectivity index (χ4v) is 2.04. The molecule has 2 N–H and O–H groups in total. The zero-order valence-corrected chi connectivity index (χ0v) is 8.49. The Morgan fingerprint density at radius 1 is 1.47 bits per heavy atom. The van der Waals surface area contributed by atoms with E-state index in [0.717, 1.165) is 6.26 Å². The molecular formula is C10H9F3O4. The van der Waals surface area contributed by atoms with E-state index >= 15 is 0 Å². The SMILES string of the molecule is O=C(O)c1coc2c1C(O)CC(C(F)(F)F)C2. The number of aliphatic hydroxyl groups is 1. The summed E-state index contributed by atoms with van der Waals surface area (Å²) in [5, 5.41) is 18.4. The van der Waals surface area contributed by atoms with Crippen molar-refractivity contribution in [3.05, 3.63) is 23.2 Å². The Morgan fingerprint density at radius 3 is 2.65 bits per heavy atom. The predicted octanol–water partition coefficient (Wildman–Crippen LogP) is 2.14. The van der Waals surface area contributed by atoms with Crippen LogP contribution in [0.4, 0.5) is 13.2 Å². The van der Waals surface area contributed by atoms with E-state index in [1.54, 1.807) is 0 Å². The maximum absolute atomic E-state index is 12.5. The fourth-order valence-electron chi connectivity index (χ4n) is 2.04. The minimum atomic E-state index is -4.42. The van der Waals surface area contributed by atoms with E-state index in [4.69, 9.17) is 9.52 Å². The van der Waals surface area contributed by atoms with Gasteiger partial charge in [-0.15, -0.1) is 0 Å². The lowest BCUT2D eigenvalue weighted by atomic mass is 9.84. The van der Waals surface area contributed by atoms with Crippen LogP contribution in [0.2, 0.25) is 0 Å². The Kier molecular flexibility index (Phi) is 2.65. The summed E-state index contributed by atoms with van der Waals surface area (Å²) in [4.78, 5) is 10.8. The largest absolute Gasteiger partial charge is 0.478 e. The van der Waals surface area contributed by atoms with Gasteiger partial charge in [-0.3, -0.25) is 0 Å². The van der Waals surface area contributed by atoms with Crippen molar-refractivity contribution >= 4 is 5.97 Å². The average molecular weight is 250 g/mol. The summed E-state index contributed by atoms with van der Waals surface area (Å²) >= 11 is 0. The molecule has 0 saturated carbocycles. The van der Waals surface area contributed by atoms with Crippen molar-refractivity contribution in [2.45, 2.75) is 25.1 Å². The quantitative estimate of drug-likeness (QED) is 0.801. The molecule has 2 unspecified atom stereocenters. The third kappa shape index (κ3) is 2.02. The van der Waals surface area contributed by atoms with Crippen LogP contribution in [-0.4, -0.2) is 22.4 Å². The Balaban J connectivity index is 2.37. The number of alkyl halides is 3. The normalized spacial score (nSPS) is 24.5. The molecule has 0 amide bonds. The molecule has 7 heteroatoms. The molecule has 4 nitrogen and oxygen atoms in total. The number of aromatic carboxylic acids is 1. The van der Waals surface area contributed by atoms with Gasteiger partial charge in [-0.2, -0.15) is 13.2 Å². The molecule has 2 atom stereocenters. The van der Waals surface area contributed by atoms with Gasteiger partial charge in [-0.1, -0.05) is 0 Å². The third-order valence-corrected chi connectivity index (χ3v) is 2.88. The van der Waals surface area contributed by atoms with Gasteiger partial charge in [-0.25, -0.2) is 4.79 Å². The van der Waals surface area contributed by atoms with E-state index in [1.807, 2.05) is 0 Å². The number of carboxylic acids is 1. The lowest BCUT2D eigenvalue weighted by Gasteiger charge is -2.27. The summed E-state index contributed by atoms with van der Waals surface area (Å²) in [5.74, 6) is -3.11. The number of furan rings is 1. The van der Waals surface area contributed by atoms with Crippen molar-refractivity contribution in [1.29, 1.82) is 0 Å². The number of rotatable bonds is 1. The van der Waals surface area contributed by atoms with Gasteiger partial charge >= 0.3 is 12.1 Å². The highest BCUT2D eigenvalue weighted by Gasteiger charge is 2.46. The van der Waals surface area contributed by atoms with Crippen LogP contribution >= 0.6 is 0 Å². The monoisotopic (exact) mass is 250 g/mol. The van der Waals surface area contributed by atoms with Crippen LogP contribution in [-0.2, 0) is 6.42 Å². The molecule has 0 bridgehead atoms. The smallest absolute Gasteiger partial charge is 0.392 e. The second-order valence-corrected chi connectivity index (χ2v) is 3.99. The Morgan fingerprint density at radius 2 is 2.12 bits per heavy atom. The molecule has 0 spiro atoms. The standard InChI is InChI=1S/C10H9F3O4/c11-10(12,13)4-1-6(14)8-5(9(15)16)3-17-7(8)2-4/h3-4,6,14H,1-2H2,(H,15,16). The Hall–Kier alpha value is -1.50. The zero-order chi connectivity index (χ0) is 12.8. The first-order valence-electron chi connectivity index (χ1n) is 4.89. The molecule has 0 aromatic carbocycles. The van der Waals surface area contributed by atoms with Crippen LogP contribution in [0.25, 0.3) is 0 Å². The van der Waals surface area contributed by atoms with Crippen molar-refractivity contribution in [3.8, 4) is 0 Å². The minimum absolute atomic E-state index is 0.0296. The molecule has 2 rings (SSSR count). The maximum atomic E-state index is 12.5. The number of hydrogen-bond acceptors (Lipinski definition) is 3. The summed E-state index contributed by atoms with van der Waals surface area (Å²) in [5.41, 5.74) is -0.300. The topological polar surface area (TPSA) is 70.7 Å². The Labute approximate surface area is 93.7 Å². The molecule has 1 aromatic rings. The van der Waals surface area contributed by atoms with Gasteiger partial charge in [-0.05, 0) is 6.42 Å². The number of aliphatic hydroxyl groups excluding tert-OH is 1. The second-order valence-electron chi connectivity index (χ2n) is 3.99. The van der Waals surface area contributed by atoms with Crippen LogP contribution in [0.15, 0.2) is 10.7 Å². The average Bonchev–Trinajstić information content (AvgIpc) is 2.60. The predicted molar refractivity (Wildman–Crippen MR) is 48.5 cm³/mol. The minimum Gasteiger partial charge on any atom is -0.478 e. The van der Waals surface area contributed by atoms with Gasteiger partial charge in [0, 0.05) is 12.0 Å². The molecule has 1 heterocycles. The van der Waals surface area contributed by atoms with E-state index < -0.39 is 37.0 Å². The fraction of sp³-hybridized carbons (Fsp3) is 0.500. The molecule has 94 valence electrons. The Bertz CT molecular complexity index is 449. The molecule has 1 aromatic heterocycles. The molecule has 17 heavy (non-hydrogen) atoms. The number of halogens is 3. The number of fused-ring (bicyclic) bond motifs is 1. The molecular weight excluding hydrogens is 241 g/mol. The van der Waals surface area contributed by atoms with Crippen LogP contribution in [0.1, 0.15) is 34.2 Å². The third-order valence-electron chi connectivity index (χ3n) is 2.88. The van der Waals surface area contributed by atoms with Crippen molar-refractivity contribution in [2.24, 2.45) is 5.92 Å². The van der Waals surface area contributed by atoms with E-state index in [0.29, 0.717) is 0 Å². The first-order valence-corrected chi connectivity index (χ1v) is 4.89. The first-order chi connectivity index (χ1) is 7.80. The van der Waals surface area contributed by atoms with Crippen molar-refractivity contribution in [1.82, 2.24) is 0 Å². The molecule has 1 aliphatic carbocycles. The van der Waals surface area contributed by atoms with Gasteiger partial charge in [0.2, 0.25) is 0 Å². The second kappa shape index (κ2) is 3.76. The summed E-state index contributed by atoms with van der Waals surface area (Å²) in [7, 11) is 0. The molecule has 1 aliphatic rings. The number of hydrogen-bond donors (Lipinski definition) is 2. The summed E-state index contributed by atoms with van der Waals surface area (Å²) < 4.78 is 42.3. The van der Waals surface area contributed by atoms with Crippen LogP contribution in [0.5, 0.6) is 0 Å². The lowest BCUT2D eigenvalue weighted by Crippen LogP contribution is -2.30. The molecule has 0 fully saturated rings. The van der Waals surface area contributed by atoms with Gasteiger partial charge in [0.05, 0.1) is 12.0 Å². The molecule has 0 saturated heterocycles. The van der Waals surface area contributed by atoms with Crippen molar-refractivity contribution < 1.29 is 32.6 Å². The lowest BCUT2D eigenvalue weighted by molar-refractivity contribution is -0.185. The van der Waals surface area contributed by atoms with E-state index in [9.17, 15) is 23.1 Å². The van der Waals surface area contributed by atoms with E-state index in [-0.39, 0.29) is 16.9 Å². The highest BCUT2D eigenvalue weighted by atomic mass is 19.4. The van der Waals surface area contributed by atoms with E-state index in [2.05, 4.69) is 0 Å². The summed E-state index contributed by atoms with van der Waals surface area (Å²) in [6.07, 6.45) is -5.96. The summed E-state index contributed by atoms with van der Waals surface area (Å²) in [6.45, 7) is 0. The van der Waals surface area contributed by atoms with Crippen molar-refractivity contribution in [2.75, 3.05) is 0 Å². The first kappa shape index (κ1) is 12.0. The molecule has 0 aliphatic heterocycles. The van der Waals surface area contributed by atoms with Crippen LogP contribution in [0.3, 0.4) is 0 Å². The maximum Gasteiger partial charge on any atom is 0.392 e. The van der Waals surface area contributed by atoms with Crippen LogP contribution in [0, 0.1) is 5.92 Å². The zero-order valence-electron chi connectivity index (χ0n) is 8.49. The van der Waals surface area contributed by atoms with Crippen molar-refractivity contribution in [3.63, 3.8) is 0 Å². The summed E-state index contributed by atoms with van der Waals surface area (Å²) in [6, 6.07) is 0. The van der Waals surface area contributed by atoms with Gasteiger partial charge in [0.25, 0.3) is 0 Å². The molecule has 0 radical (unpaired) electrons. The highest BCUT2D eigenvalue weighted by Crippen LogP contribution is 2.43. The van der Waals surface area contributed by atoms with Gasteiger partial charge in [0.15, 0.2) is 0 Å². The van der Waals surface area contributed by atoms with E-state index in [1.165, 1.54) is 0 Å². The number of carboxylic acid groups (broad SMARTS) is 1.